The molecule has 0 atom stereocenters. The van der Waals surface area contributed by atoms with Crippen LogP contribution in [0.1, 0.15) is 25.0 Å². The molecule has 0 bridgehead atoms. The van der Waals surface area contributed by atoms with Gasteiger partial charge in [0.2, 0.25) is 11.9 Å². The average molecular weight is 516 g/mol. The van der Waals surface area contributed by atoms with E-state index < -0.39 is 0 Å². The van der Waals surface area contributed by atoms with Crippen molar-refractivity contribution in [2.24, 2.45) is 4.99 Å². The summed E-state index contributed by atoms with van der Waals surface area (Å²) >= 11 is 0. The largest absolute Gasteiger partial charge is 0.372 e. The van der Waals surface area contributed by atoms with Gasteiger partial charge in [-0.3, -0.25) is 9.79 Å². The van der Waals surface area contributed by atoms with Crippen molar-refractivity contribution in [3.8, 4) is 11.3 Å². The van der Waals surface area contributed by atoms with E-state index in [9.17, 15) is 9.18 Å². The summed E-state index contributed by atoms with van der Waals surface area (Å²) in [5.41, 5.74) is 6.82. The van der Waals surface area contributed by atoms with Gasteiger partial charge in [0.05, 0.1) is 17.1 Å². The highest BCUT2D eigenvalue weighted by Crippen LogP contribution is 2.36. The second-order valence-electron chi connectivity index (χ2n) is 9.68. The van der Waals surface area contributed by atoms with Crippen molar-refractivity contribution in [2.45, 2.75) is 26.7 Å². The molecule has 2 aromatic carbocycles. The standard InChI is InChI=1S/C29H34FN7O/c1-7-19-16-26(37(6)12-11-36(4)5)25(33-27(38)8-2)17-24(19)35-29-31-10-9-23(34-29)20-14-21-13-18(3)32-28(21)22(30)15-20/h8-10,14-17H,2,7,11-13H2,1,3-6H3,(H,33,38)(H,31,34,35). The second kappa shape index (κ2) is 11.5. The number of hydrogen-bond acceptors (Lipinski definition) is 7. The van der Waals surface area contributed by atoms with Gasteiger partial charge in [0.25, 0.3) is 0 Å². The number of nitrogens with one attached hydrogen (secondary N) is 2. The van der Waals surface area contributed by atoms with Crippen LogP contribution in [0.2, 0.25) is 0 Å². The molecular formula is C29H34FN7O. The zero-order chi connectivity index (χ0) is 27.4. The van der Waals surface area contributed by atoms with Gasteiger partial charge in [0.1, 0.15) is 11.5 Å². The molecule has 9 heteroatoms. The zero-order valence-electron chi connectivity index (χ0n) is 22.6. The van der Waals surface area contributed by atoms with Gasteiger partial charge in [-0.15, -0.1) is 0 Å². The Morgan fingerprint density at radius 2 is 1.95 bits per heavy atom. The topological polar surface area (TPSA) is 85.7 Å². The third kappa shape index (κ3) is 6.06. The number of hydrogen-bond donors (Lipinski definition) is 2. The summed E-state index contributed by atoms with van der Waals surface area (Å²) < 4.78 is 14.7. The van der Waals surface area contributed by atoms with E-state index in [-0.39, 0.29) is 11.7 Å². The van der Waals surface area contributed by atoms with Crippen LogP contribution in [0.3, 0.4) is 0 Å². The van der Waals surface area contributed by atoms with Crippen LogP contribution < -0.4 is 15.5 Å². The first-order valence-electron chi connectivity index (χ1n) is 12.6. The Morgan fingerprint density at radius 1 is 1.16 bits per heavy atom. The predicted molar refractivity (Wildman–Crippen MR) is 154 cm³/mol. The molecular weight excluding hydrogens is 481 g/mol. The third-order valence-corrected chi connectivity index (χ3v) is 6.43. The number of amides is 1. The Hall–Kier alpha value is -4.11. The summed E-state index contributed by atoms with van der Waals surface area (Å²) in [6.45, 7) is 9.20. The Bertz CT molecular complexity index is 1400. The van der Waals surface area contributed by atoms with Crippen LogP contribution in [-0.2, 0) is 17.6 Å². The van der Waals surface area contributed by atoms with Gasteiger partial charge in [-0.25, -0.2) is 14.4 Å². The van der Waals surface area contributed by atoms with E-state index in [4.69, 9.17) is 0 Å². The second-order valence-corrected chi connectivity index (χ2v) is 9.68. The van der Waals surface area contributed by atoms with Crippen LogP contribution in [0.4, 0.5) is 33.1 Å². The van der Waals surface area contributed by atoms with E-state index in [2.05, 4.69) is 55.0 Å². The summed E-state index contributed by atoms with van der Waals surface area (Å²) in [6, 6.07) is 9.12. The number of likely N-dealkylation sites (N-methyl/N-ethyl adjacent to an activating group) is 2. The monoisotopic (exact) mass is 515 g/mol. The van der Waals surface area contributed by atoms with Gasteiger partial charge in [-0.1, -0.05) is 13.5 Å². The van der Waals surface area contributed by atoms with Crippen molar-refractivity contribution in [1.29, 1.82) is 0 Å². The number of fused-ring (bicyclic) bond motifs is 1. The first-order chi connectivity index (χ1) is 18.2. The number of aryl methyl sites for hydroxylation is 1. The minimum atomic E-state index is -0.354. The Balaban J connectivity index is 1.67. The molecule has 0 radical (unpaired) electrons. The number of rotatable bonds is 10. The molecule has 1 amide bonds. The van der Waals surface area contributed by atoms with Crippen LogP contribution in [0.25, 0.3) is 11.3 Å². The number of benzene rings is 2. The van der Waals surface area contributed by atoms with E-state index in [1.54, 1.807) is 12.3 Å². The van der Waals surface area contributed by atoms with Crippen molar-refractivity contribution in [1.82, 2.24) is 14.9 Å². The minimum Gasteiger partial charge on any atom is -0.372 e. The first-order valence-corrected chi connectivity index (χ1v) is 12.6. The fraction of sp³-hybridized carbons (Fsp3) is 0.310. The Morgan fingerprint density at radius 3 is 2.66 bits per heavy atom. The van der Waals surface area contributed by atoms with E-state index in [0.29, 0.717) is 35.0 Å². The van der Waals surface area contributed by atoms with E-state index in [1.165, 1.54) is 12.1 Å². The summed E-state index contributed by atoms with van der Waals surface area (Å²) in [7, 11) is 6.06. The minimum absolute atomic E-state index is 0.293. The molecule has 1 aromatic heterocycles. The summed E-state index contributed by atoms with van der Waals surface area (Å²) in [6.07, 6.45) is 4.28. The molecule has 0 saturated heterocycles. The summed E-state index contributed by atoms with van der Waals surface area (Å²) in [4.78, 5) is 29.8. The lowest BCUT2D eigenvalue weighted by Crippen LogP contribution is -2.29. The van der Waals surface area contributed by atoms with Gasteiger partial charge in [0, 0.05) is 49.7 Å². The quantitative estimate of drug-likeness (QED) is 0.354. The van der Waals surface area contributed by atoms with Gasteiger partial charge in [-0.05, 0) is 75.0 Å². The molecule has 4 rings (SSSR count). The van der Waals surface area contributed by atoms with Crippen molar-refractivity contribution in [3.63, 3.8) is 0 Å². The van der Waals surface area contributed by atoms with Crippen LogP contribution in [-0.4, -0.2) is 60.7 Å². The lowest BCUT2D eigenvalue weighted by Gasteiger charge is -2.26. The van der Waals surface area contributed by atoms with Crippen molar-refractivity contribution in [2.75, 3.05) is 49.8 Å². The zero-order valence-corrected chi connectivity index (χ0v) is 22.6. The molecule has 2 heterocycles. The molecule has 8 nitrogen and oxygen atoms in total. The fourth-order valence-electron chi connectivity index (χ4n) is 4.38. The molecule has 1 aliphatic rings. The highest BCUT2D eigenvalue weighted by atomic mass is 19.1. The predicted octanol–water partition coefficient (Wildman–Crippen LogP) is 5.36. The molecule has 0 aliphatic carbocycles. The maximum absolute atomic E-state index is 14.7. The van der Waals surface area contributed by atoms with Crippen molar-refractivity contribution in [3.05, 3.63) is 66.1 Å². The van der Waals surface area contributed by atoms with Gasteiger partial charge < -0.3 is 20.4 Å². The molecule has 0 unspecified atom stereocenters. The number of carbonyl (C=O) groups is 1. The highest BCUT2D eigenvalue weighted by molar-refractivity contribution is 6.02. The smallest absolute Gasteiger partial charge is 0.247 e. The van der Waals surface area contributed by atoms with Gasteiger partial charge >= 0.3 is 0 Å². The third-order valence-electron chi connectivity index (χ3n) is 6.43. The molecule has 38 heavy (non-hydrogen) atoms. The lowest BCUT2D eigenvalue weighted by atomic mass is 10.0. The normalized spacial score (nSPS) is 12.2. The lowest BCUT2D eigenvalue weighted by molar-refractivity contribution is -0.111. The summed E-state index contributed by atoms with van der Waals surface area (Å²) in [5.74, 6) is -0.272. The fourth-order valence-corrected chi connectivity index (χ4v) is 4.38. The number of halogens is 1. The number of nitrogens with zero attached hydrogens (tertiary/aromatic N) is 5. The molecule has 3 aromatic rings. The SMILES string of the molecule is C=CC(=O)Nc1cc(Nc2nccc(-c3cc(F)c4c(c3)CC(C)=N4)n2)c(CC)cc1N(C)CCN(C)C. The highest BCUT2D eigenvalue weighted by Gasteiger charge is 2.19. The average Bonchev–Trinajstić information content (AvgIpc) is 3.28. The number of anilines is 4. The van der Waals surface area contributed by atoms with Crippen LogP contribution in [0, 0.1) is 5.82 Å². The molecule has 0 fully saturated rings. The molecule has 2 N–H and O–H groups in total. The molecule has 0 spiro atoms. The van der Waals surface area contributed by atoms with E-state index in [1.807, 2.05) is 40.2 Å². The Labute approximate surface area is 223 Å². The molecule has 198 valence electrons. The Kier molecular flexibility index (Phi) is 8.16. The first kappa shape index (κ1) is 26.9. The van der Waals surface area contributed by atoms with Crippen molar-refractivity contribution < 1.29 is 9.18 Å². The van der Waals surface area contributed by atoms with Crippen LogP contribution in [0.15, 0.2) is 54.2 Å². The number of aliphatic imine (C=N–C) groups is 1. The van der Waals surface area contributed by atoms with Crippen LogP contribution >= 0.6 is 0 Å². The van der Waals surface area contributed by atoms with Gasteiger partial charge in [-0.2, -0.15) is 0 Å². The summed E-state index contributed by atoms with van der Waals surface area (Å²) in [5, 5.41) is 6.24. The van der Waals surface area contributed by atoms with E-state index in [0.717, 1.165) is 47.7 Å². The van der Waals surface area contributed by atoms with Crippen molar-refractivity contribution >= 4 is 40.3 Å². The van der Waals surface area contributed by atoms with Gasteiger partial charge in [0.15, 0.2) is 0 Å². The number of carbonyl (C=O) groups excluding carboxylic acids is 1. The molecule has 0 saturated carbocycles. The maximum Gasteiger partial charge on any atom is 0.247 e. The molecule has 1 aliphatic heterocycles. The van der Waals surface area contributed by atoms with E-state index >= 15 is 0 Å². The maximum atomic E-state index is 14.7. The van der Waals surface area contributed by atoms with Crippen LogP contribution in [0.5, 0.6) is 0 Å². The number of aromatic nitrogens is 2.